The lowest BCUT2D eigenvalue weighted by Crippen LogP contribution is -2.23. The van der Waals surface area contributed by atoms with Crippen LogP contribution in [-0.4, -0.2) is 21.1 Å². The van der Waals surface area contributed by atoms with E-state index in [1.54, 1.807) is 29.5 Å². The van der Waals surface area contributed by atoms with Crippen LogP contribution in [0.25, 0.3) is 21.1 Å². The van der Waals surface area contributed by atoms with Gasteiger partial charge in [0.05, 0.1) is 16.3 Å². The molecule has 0 spiro atoms. The van der Waals surface area contributed by atoms with Crippen LogP contribution in [0.2, 0.25) is 5.02 Å². The first-order chi connectivity index (χ1) is 14.0. The molecule has 0 fully saturated rings. The number of benzene rings is 2. The number of nitrogens with one attached hydrogen (secondary N) is 2. The van der Waals surface area contributed by atoms with Gasteiger partial charge < -0.3 is 5.32 Å². The van der Waals surface area contributed by atoms with E-state index in [0.29, 0.717) is 17.3 Å². The molecule has 0 aliphatic rings. The van der Waals surface area contributed by atoms with Gasteiger partial charge in [-0.3, -0.25) is 9.89 Å². The van der Waals surface area contributed by atoms with E-state index in [9.17, 15) is 4.79 Å². The fourth-order valence-corrected chi connectivity index (χ4v) is 4.06. The number of H-pyrrole nitrogens is 1. The summed E-state index contributed by atoms with van der Waals surface area (Å²) in [6.45, 7) is 4.44. The van der Waals surface area contributed by atoms with Crippen LogP contribution in [0.5, 0.6) is 0 Å². The Labute approximate surface area is 177 Å². The van der Waals surface area contributed by atoms with Crippen molar-refractivity contribution in [3.8, 4) is 21.1 Å². The molecule has 0 bridgehead atoms. The van der Waals surface area contributed by atoms with Crippen LogP contribution in [-0.2, 0) is 6.54 Å². The van der Waals surface area contributed by atoms with E-state index in [-0.39, 0.29) is 5.91 Å². The van der Waals surface area contributed by atoms with Crippen LogP contribution in [0.4, 0.5) is 0 Å². The number of aromatic nitrogens is 3. The van der Waals surface area contributed by atoms with Crippen molar-refractivity contribution in [1.29, 1.82) is 0 Å². The molecule has 2 aromatic carbocycles. The SMILES string of the molecule is Cc1ccc(-c2nc(C)c(-c3cc(C(=O)NCc4ccc(Cl)cc4)n[nH]3)s2)cc1. The number of aryl methyl sites for hydroxylation is 2. The third-order valence-corrected chi connectivity index (χ3v) is 6.01. The number of hydrogen-bond acceptors (Lipinski definition) is 4. The van der Waals surface area contributed by atoms with Crippen molar-refractivity contribution in [2.45, 2.75) is 20.4 Å². The molecule has 146 valence electrons. The Morgan fingerprint density at radius 3 is 2.55 bits per heavy atom. The highest BCUT2D eigenvalue weighted by Gasteiger charge is 2.16. The Bertz CT molecular complexity index is 1150. The molecule has 0 aliphatic carbocycles. The van der Waals surface area contributed by atoms with Crippen LogP contribution >= 0.6 is 22.9 Å². The van der Waals surface area contributed by atoms with Crippen molar-refractivity contribution in [3.05, 3.63) is 82.1 Å². The van der Waals surface area contributed by atoms with Crippen molar-refractivity contribution in [1.82, 2.24) is 20.5 Å². The first kappa shape index (κ1) is 19.4. The van der Waals surface area contributed by atoms with Gasteiger partial charge in [-0.2, -0.15) is 5.10 Å². The lowest BCUT2D eigenvalue weighted by Gasteiger charge is -2.03. The van der Waals surface area contributed by atoms with Crippen LogP contribution < -0.4 is 5.32 Å². The molecule has 0 atom stereocenters. The number of carbonyl (C=O) groups excluding carboxylic acids is 1. The number of nitrogens with zero attached hydrogens (tertiary/aromatic N) is 2. The summed E-state index contributed by atoms with van der Waals surface area (Å²) in [4.78, 5) is 18.1. The summed E-state index contributed by atoms with van der Waals surface area (Å²) in [6.07, 6.45) is 0. The number of carbonyl (C=O) groups is 1. The second kappa shape index (κ2) is 8.19. The third-order valence-electron chi connectivity index (χ3n) is 4.52. The number of rotatable bonds is 5. The lowest BCUT2D eigenvalue weighted by atomic mass is 10.2. The predicted molar refractivity (Wildman–Crippen MR) is 117 cm³/mol. The summed E-state index contributed by atoms with van der Waals surface area (Å²) in [6, 6.07) is 17.4. The van der Waals surface area contributed by atoms with E-state index >= 15 is 0 Å². The maximum atomic E-state index is 12.4. The molecule has 2 N–H and O–H groups in total. The molecule has 2 heterocycles. The van der Waals surface area contributed by atoms with Gasteiger partial charge in [-0.25, -0.2) is 4.98 Å². The Morgan fingerprint density at radius 2 is 1.83 bits per heavy atom. The van der Waals surface area contributed by atoms with E-state index in [0.717, 1.165) is 32.4 Å². The fraction of sp³-hybridized carbons (Fsp3) is 0.136. The molecule has 29 heavy (non-hydrogen) atoms. The lowest BCUT2D eigenvalue weighted by molar-refractivity contribution is 0.0946. The van der Waals surface area contributed by atoms with Gasteiger partial charge in [-0.15, -0.1) is 11.3 Å². The number of halogens is 1. The van der Waals surface area contributed by atoms with Crippen LogP contribution in [0.1, 0.15) is 27.3 Å². The van der Waals surface area contributed by atoms with Crippen LogP contribution in [0.3, 0.4) is 0 Å². The molecular formula is C22H19ClN4OS. The molecule has 2 aromatic heterocycles. The number of hydrogen-bond donors (Lipinski definition) is 2. The standard InChI is InChI=1S/C22H19ClN4OS/c1-13-3-7-16(8-4-13)22-25-14(2)20(29-22)18-11-19(27-26-18)21(28)24-12-15-5-9-17(23)10-6-15/h3-11H,12H2,1-2H3,(H,24,28)(H,26,27). The van der Waals surface area contributed by atoms with Crippen LogP contribution in [0, 0.1) is 13.8 Å². The molecular weight excluding hydrogens is 404 g/mol. The molecule has 0 saturated heterocycles. The average molecular weight is 423 g/mol. The third kappa shape index (κ3) is 4.39. The minimum Gasteiger partial charge on any atom is -0.347 e. The Balaban J connectivity index is 1.49. The van der Waals surface area contributed by atoms with Gasteiger partial charge in [0.2, 0.25) is 0 Å². The van der Waals surface area contributed by atoms with Crippen molar-refractivity contribution < 1.29 is 4.79 Å². The zero-order valence-electron chi connectivity index (χ0n) is 16.0. The maximum Gasteiger partial charge on any atom is 0.272 e. The Hall–Kier alpha value is -2.96. The van der Waals surface area contributed by atoms with Crippen LogP contribution in [0.15, 0.2) is 54.6 Å². The molecule has 0 aliphatic heterocycles. The summed E-state index contributed by atoms with van der Waals surface area (Å²) < 4.78 is 0. The van der Waals surface area contributed by atoms with Gasteiger partial charge in [0.15, 0.2) is 5.69 Å². The van der Waals surface area contributed by atoms with Gasteiger partial charge in [0.25, 0.3) is 5.91 Å². The first-order valence-electron chi connectivity index (χ1n) is 9.12. The topological polar surface area (TPSA) is 70.7 Å². The van der Waals surface area contributed by atoms with Gasteiger partial charge in [0.1, 0.15) is 5.01 Å². The number of thiazole rings is 1. The highest BCUT2D eigenvalue weighted by molar-refractivity contribution is 7.18. The monoisotopic (exact) mass is 422 g/mol. The van der Waals surface area contributed by atoms with Gasteiger partial charge >= 0.3 is 0 Å². The van der Waals surface area contributed by atoms with E-state index in [1.807, 2.05) is 19.1 Å². The summed E-state index contributed by atoms with van der Waals surface area (Å²) in [5.74, 6) is -0.233. The van der Waals surface area contributed by atoms with E-state index in [4.69, 9.17) is 11.6 Å². The minimum absolute atomic E-state index is 0.233. The zero-order chi connectivity index (χ0) is 20.4. The Kier molecular flexibility index (Phi) is 5.47. The van der Waals surface area contributed by atoms with E-state index in [2.05, 4.69) is 51.7 Å². The second-order valence-corrected chi connectivity index (χ2v) is 8.21. The second-order valence-electron chi connectivity index (χ2n) is 6.78. The average Bonchev–Trinajstić information content (AvgIpc) is 3.35. The van der Waals surface area contributed by atoms with Crippen molar-refractivity contribution in [2.75, 3.05) is 0 Å². The predicted octanol–water partition coefficient (Wildman–Crippen LogP) is 5.40. The molecule has 1 amide bonds. The van der Waals surface area contributed by atoms with Crippen molar-refractivity contribution >= 4 is 28.8 Å². The molecule has 0 saturated carbocycles. The smallest absolute Gasteiger partial charge is 0.272 e. The van der Waals surface area contributed by atoms with Gasteiger partial charge in [-0.05, 0) is 37.6 Å². The summed E-state index contributed by atoms with van der Waals surface area (Å²) in [5.41, 5.74) is 5.30. The fourth-order valence-electron chi connectivity index (χ4n) is 2.90. The highest BCUT2D eigenvalue weighted by atomic mass is 35.5. The quantitative estimate of drug-likeness (QED) is 0.452. The largest absolute Gasteiger partial charge is 0.347 e. The van der Waals surface area contributed by atoms with Crippen molar-refractivity contribution in [3.63, 3.8) is 0 Å². The number of aromatic amines is 1. The molecule has 5 nitrogen and oxygen atoms in total. The summed E-state index contributed by atoms with van der Waals surface area (Å²) in [7, 11) is 0. The number of amides is 1. The molecule has 4 aromatic rings. The summed E-state index contributed by atoms with van der Waals surface area (Å²) >= 11 is 7.47. The molecule has 7 heteroatoms. The first-order valence-corrected chi connectivity index (χ1v) is 10.3. The summed E-state index contributed by atoms with van der Waals surface area (Å²) in [5, 5.41) is 11.6. The van der Waals surface area contributed by atoms with Gasteiger partial charge in [-0.1, -0.05) is 53.6 Å². The zero-order valence-corrected chi connectivity index (χ0v) is 17.6. The van der Waals surface area contributed by atoms with Gasteiger partial charge in [0, 0.05) is 17.1 Å². The maximum absolute atomic E-state index is 12.4. The minimum atomic E-state index is -0.233. The normalized spacial score (nSPS) is 10.9. The van der Waals surface area contributed by atoms with Crippen molar-refractivity contribution in [2.24, 2.45) is 0 Å². The highest BCUT2D eigenvalue weighted by Crippen LogP contribution is 2.34. The Morgan fingerprint density at radius 1 is 1.10 bits per heavy atom. The molecule has 0 unspecified atom stereocenters. The van der Waals surface area contributed by atoms with E-state index in [1.165, 1.54) is 5.56 Å². The molecule has 4 rings (SSSR count). The molecule has 0 radical (unpaired) electrons. The van der Waals surface area contributed by atoms with E-state index < -0.39 is 0 Å².